The van der Waals surface area contributed by atoms with Crippen LogP contribution in [0.1, 0.15) is 19.4 Å². The molecule has 0 spiro atoms. The molecule has 1 aromatic carbocycles. The molecule has 7 heteroatoms. The van der Waals surface area contributed by atoms with E-state index in [4.69, 9.17) is 5.26 Å². The second-order valence-electron chi connectivity index (χ2n) is 5.94. The molecule has 0 radical (unpaired) electrons. The molecular weight excluding hydrogens is 331 g/mol. The smallest absolute Gasteiger partial charge is 0.166 e. The summed E-state index contributed by atoms with van der Waals surface area (Å²) in [6.07, 6.45) is 3.06. The number of hydrogen-bond donors (Lipinski definition) is 2. The molecule has 0 aliphatic heterocycles. The number of nitrogens with zero attached hydrogens (tertiary/aromatic N) is 4. The van der Waals surface area contributed by atoms with Gasteiger partial charge in [0.15, 0.2) is 5.82 Å². The minimum atomic E-state index is -0.395. The second-order valence-corrected chi connectivity index (χ2v) is 5.94. The van der Waals surface area contributed by atoms with Gasteiger partial charge in [-0.15, -0.1) is 0 Å². The van der Waals surface area contributed by atoms with Gasteiger partial charge in [-0.2, -0.15) is 5.26 Å². The van der Waals surface area contributed by atoms with Gasteiger partial charge in [-0.1, -0.05) is 12.1 Å². The Morgan fingerprint density at radius 1 is 1.08 bits per heavy atom. The molecule has 2 aromatic heterocycles. The van der Waals surface area contributed by atoms with Crippen LogP contribution in [0.3, 0.4) is 0 Å². The number of benzene rings is 1. The second kappa shape index (κ2) is 7.57. The van der Waals surface area contributed by atoms with Crippen molar-refractivity contribution in [3.63, 3.8) is 0 Å². The van der Waals surface area contributed by atoms with Gasteiger partial charge in [0.25, 0.3) is 0 Å². The number of pyridine rings is 1. The zero-order valence-corrected chi connectivity index (χ0v) is 14.4. The van der Waals surface area contributed by atoms with Crippen LogP contribution in [0.4, 0.5) is 21.7 Å². The van der Waals surface area contributed by atoms with Gasteiger partial charge in [-0.25, -0.2) is 14.4 Å². The third kappa shape index (κ3) is 4.11. The Hall–Kier alpha value is -3.53. The number of hydrogen-bond acceptors (Lipinski definition) is 6. The highest BCUT2D eigenvalue weighted by atomic mass is 19.1. The zero-order chi connectivity index (χ0) is 18.5. The van der Waals surface area contributed by atoms with Crippen molar-refractivity contribution >= 4 is 17.3 Å². The number of nitriles is 1. The summed E-state index contributed by atoms with van der Waals surface area (Å²) < 4.78 is 14.2. The van der Waals surface area contributed by atoms with E-state index >= 15 is 0 Å². The lowest BCUT2D eigenvalue weighted by molar-refractivity contribution is 0.630. The highest BCUT2D eigenvalue weighted by Gasteiger charge is 2.12. The minimum absolute atomic E-state index is 0.148. The van der Waals surface area contributed by atoms with E-state index < -0.39 is 5.82 Å². The summed E-state index contributed by atoms with van der Waals surface area (Å²) in [6.45, 7) is 3.97. The van der Waals surface area contributed by atoms with Crippen molar-refractivity contribution in [2.75, 3.05) is 10.6 Å². The van der Waals surface area contributed by atoms with Crippen LogP contribution in [0.5, 0.6) is 0 Å². The fourth-order valence-electron chi connectivity index (χ4n) is 2.36. The fraction of sp³-hybridized carbons (Fsp3) is 0.158. The first-order chi connectivity index (χ1) is 12.5. The lowest BCUT2D eigenvalue weighted by atomic mass is 10.2. The van der Waals surface area contributed by atoms with Crippen molar-refractivity contribution in [2.24, 2.45) is 0 Å². The van der Waals surface area contributed by atoms with Crippen LogP contribution in [-0.2, 0) is 0 Å². The Kier molecular flexibility index (Phi) is 5.04. The average Bonchev–Trinajstić information content (AvgIpc) is 2.61. The maximum absolute atomic E-state index is 14.2. The van der Waals surface area contributed by atoms with Crippen LogP contribution in [0, 0.1) is 17.1 Å². The van der Waals surface area contributed by atoms with E-state index in [-0.39, 0.29) is 11.9 Å². The summed E-state index contributed by atoms with van der Waals surface area (Å²) in [5.74, 6) is 0.910. The molecule has 0 fully saturated rings. The van der Waals surface area contributed by atoms with E-state index in [9.17, 15) is 4.39 Å². The average molecular weight is 348 g/mol. The maximum atomic E-state index is 14.2. The number of nitrogens with one attached hydrogen (secondary N) is 2. The van der Waals surface area contributed by atoms with Crippen LogP contribution in [0.15, 0.2) is 48.8 Å². The van der Waals surface area contributed by atoms with Gasteiger partial charge in [-0.05, 0) is 32.0 Å². The Labute approximate surface area is 150 Å². The third-order valence-corrected chi connectivity index (χ3v) is 3.42. The summed E-state index contributed by atoms with van der Waals surface area (Å²) in [5, 5.41) is 15.3. The zero-order valence-electron chi connectivity index (χ0n) is 14.4. The van der Waals surface area contributed by atoms with Crippen molar-refractivity contribution in [1.82, 2.24) is 15.0 Å². The quantitative estimate of drug-likeness (QED) is 0.721. The first kappa shape index (κ1) is 17.3. The van der Waals surface area contributed by atoms with E-state index in [1.807, 2.05) is 19.9 Å². The molecule has 130 valence electrons. The van der Waals surface area contributed by atoms with Crippen LogP contribution in [0.25, 0.3) is 11.4 Å². The number of anilines is 3. The molecule has 26 heavy (non-hydrogen) atoms. The molecule has 0 saturated heterocycles. The van der Waals surface area contributed by atoms with Crippen molar-refractivity contribution in [2.45, 2.75) is 19.9 Å². The van der Waals surface area contributed by atoms with Gasteiger partial charge in [0.05, 0.1) is 23.0 Å². The topological polar surface area (TPSA) is 86.5 Å². The molecule has 0 bridgehead atoms. The van der Waals surface area contributed by atoms with Gasteiger partial charge in [0, 0.05) is 18.3 Å². The molecule has 0 unspecified atom stereocenters. The SMILES string of the molecule is CC(C)Nc1cc(Nc2cncc(C#N)c2)nc(-c2ccccc2F)n1. The number of aromatic nitrogens is 3. The molecule has 3 rings (SSSR count). The molecule has 0 aliphatic carbocycles. The van der Waals surface area contributed by atoms with E-state index in [0.29, 0.717) is 28.5 Å². The van der Waals surface area contributed by atoms with Gasteiger partial charge < -0.3 is 10.6 Å². The van der Waals surface area contributed by atoms with Crippen LogP contribution in [-0.4, -0.2) is 21.0 Å². The van der Waals surface area contributed by atoms with E-state index in [0.717, 1.165) is 0 Å². The molecular formula is C19H17FN6. The number of rotatable bonds is 5. The Bertz CT molecular complexity index is 964. The largest absolute Gasteiger partial charge is 0.368 e. The molecule has 0 aliphatic rings. The predicted octanol–water partition coefficient (Wildman–Crippen LogP) is 4.11. The first-order valence-corrected chi connectivity index (χ1v) is 8.08. The van der Waals surface area contributed by atoms with E-state index in [2.05, 4.69) is 25.6 Å². The van der Waals surface area contributed by atoms with E-state index in [1.165, 1.54) is 12.3 Å². The molecule has 2 heterocycles. The normalized spacial score (nSPS) is 10.4. The van der Waals surface area contributed by atoms with Gasteiger partial charge in [0.2, 0.25) is 0 Å². The van der Waals surface area contributed by atoms with Gasteiger partial charge in [0.1, 0.15) is 23.5 Å². The summed E-state index contributed by atoms with van der Waals surface area (Å²) >= 11 is 0. The van der Waals surface area contributed by atoms with Crippen LogP contribution >= 0.6 is 0 Å². The lowest BCUT2D eigenvalue weighted by Gasteiger charge is -2.13. The monoisotopic (exact) mass is 348 g/mol. The van der Waals surface area contributed by atoms with Crippen molar-refractivity contribution < 1.29 is 4.39 Å². The van der Waals surface area contributed by atoms with Crippen molar-refractivity contribution in [3.05, 3.63) is 60.2 Å². The standard InChI is InChI=1S/C19H17FN6/c1-12(2)23-17-8-18(24-14-7-13(9-21)10-22-11-14)26-19(25-17)15-5-3-4-6-16(15)20/h3-8,10-12H,1-2H3,(H2,23,24,25,26). The molecule has 0 atom stereocenters. The van der Waals surface area contributed by atoms with Crippen molar-refractivity contribution in [3.8, 4) is 17.5 Å². The Morgan fingerprint density at radius 2 is 1.85 bits per heavy atom. The summed E-state index contributed by atoms with van der Waals surface area (Å²) in [6, 6.07) is 11.9. The van der Waals surface area contributed by atoms with E-state index in [1.54, 1.807) is 36.5 Å². The highest BCUT2D eigenvalue weighted by Crippen LogP contribution is 2.25. The Balaban J connectivity index is 2.02. The molecule has 3 aromatic rings. The maximum Gasteiger partial charge on any atom is 0.166 e. The fourth-order valence-corrected chi connectivity index (χ4v) is 2.36. The number of halogens is 1. The summed E-state index contributed by atoms with van der Waals surface area (Å²) in [4.78, 5) is 12.8. The van der Waals surface area contributed by atoms with Crippen molar-refractivity contribution in [1.29, 1.82) is 5.26 Å². The van der Waals surface area contributed by atoms with Crippen LogP contribution < -0.4 is 10.6 Å². The summed E-state index contributed by atoms with van der Waals surface area (Å²) in [7, 11) is 0. The summed E-state index contributed by atoms with van der Waals surface area (Å²) in [5.41, 5.74) is 1.35. The molecule has 2 N–H and O–H groups in total. The predicted molar refractivity (Wildman–Crippen MR) is 98.4 cm³/mol. The highest BCUT2D eigenvalue weighted by molar-refractivity contribution is 5.65. The Morgan fingerprint density at radius 3 is 2.58 bits per heavy atom. The third-order valence-electron chi connectivity index (χ3n) is 3.42. The van der Waals surface area contributed by atoms with Gasteiger partial charge >= 0.3 is 0 Å². The van der Waals surface area contributed by atoms with Crippen LogP contribution in [0.2, 0.25) is 0 Å². The first-order valence-electron chi connectivity index (χ1n) is 8.08. The lowest BCUT2D eigenvalue weighted by Crippen LogP contribution is -2.12. The van der Waals surface area contributed by atoms with Gasteiger partial charge in [-0.3, -0.25) is 4.98 Å². The molecule has 6 nitrogen and oxygen atoms in total. The molecule has 0 saturated carbocycles. The minimum Gasteiger partial charge on any atom is -0.368 e. The molecule has 0 amide bonds.